The summed E-state index contributed by atoms with van der Waals surface area (Å²) in [4.78, 5) is 11.5. The number of halogens is 1. The fourth-order valence-corrected chi connectivity index (χ4v) is 1.65. The number of alkyl halides is 1. The van der Waals surface area contributed by atoms with Gasteiger partial charge in [-0.25, -0.2) is 0 Å². The van der Waals surface area contributed by atoms with Crippen molar-refractivity contribution in [2.24, 2.45) is 0 Å². The maximum Gasteiger partial charge on any atom is 0.249 e. The van der Waals surface area contributed by atoms with Crippen LogP contribution in [0, 0.1) is 6.92 Å². The second kappa shape index (κ2) is 5.64. The lowest BCUT2D eigenvalue weighted by molar-refractivity contribution is -0.115. The van der Waals surface area contributed by atoms with Crippen LogP contribution in [0.4, 0.5) is 5.69 Å². The summed E-state index contributed by atoms with van der Waals surface area (Å²) < 4.78 is 5.35. The molecule has 0 aliphatic carbocycles. The van der Waals surface area contributed by atoms with Crippen molar-refractivity contribution in [3.8, 4) is 11.5 Å². The summed E-state index contributed by atoms with van der Waals surface area (Å²) in [5.41, 5.74) is 1.33. The third-order valence-corrected chi connectivity index (χ3v) is 2.47. The van der Waals surface area contributed by atoms with Gasteiger partial charge in [0.1, 0.15) is 0 Å². The lowest BCUT2D eigenvalue weighted by Crippen LogP contribution is -2.12. The Balaban J connectivity index is 2.28. The van der Waals surface area contributed by atoms with Gasteiger partial charge in [0.25, 0.3) is 0 Å². The molecule has 0 radical (unpaired) electrons. The van der Waals surface area contributed by atoms with Gasteiger partial charge < -0.3 is 9.73 Å². The summed E-state index contributed by atoms with van der Waals surface area (Å²) in [6.07, 6.45) is 0.263. The van der Waals surface area contributed by atoms with Crippen LogP contribution >= 0.6 is 11.6 Å². The number of aryl methyl sites for hydroxylation is 1. The Morgan fingerprint density at radius 3 is 2.83 bits per heavy atom. The smallest absolute Gasteiger partial charge is 0.249 e. The first-order valence-corrected chi connectivity index (χ1v) is 5.99. The van der Waals surface area contributed by atoms with E-state index >= 15 is 0 Å². The van der Waals surface area contributed by atoms with Crippen molar-refractivity contribution < 1.29 is 9.21 Å². The highest BCUT2D eigenvalue weighted by Gasteiger charge is 2.12. The fraction of sp³-hybridized carbons (Fsp3) is 0.250. The number of anilines is 1. The fourth-order valence-electron chi connectivity index (χ4n) is 1.48. The number of hydrogen-bond donors (Lipinski definition) is 1. The van der Waals surface area contributed by atoms with Gasteiger partial charge in [-0.2, -0.15) is 0 Å². The molecule has 18 heavy (non-hydrogen) atoms. The predicted molar refractivity (Wildman–Crippen MR) is 68.4 cm³/mol. The van der Waals surface area contributed by atoms with Crippen molar-refractivity contribution in [3.05, 3.63) is 30.2 Å². The van der Waals surface area contributed by atoms with Gasteiger partial charge >= 0.3 is 0 Å². The van der Waals surface area contributed by atoms with E-state index in [0.717, 1.165) is 0 Å². The molecule has 2 aromatic rings. The van der Waals surface area contributed by atoms with Gasteiger partial charge in [0.05, 0.1) is 11.3 Å². The van der Waals surface area contributed by atoms with Gasteiger partial charge in [-0.3, -0.25) is 4.79 Å². The number of amides is 1. The molecule has 1 N–H and O–H groups in total. The first kappa shape index (κ1) is 12.6. The number of hydrogen-bond acceptors (Lipinski definition) is 4. The molecule has 1 aromatic heterocycles. The summed E-state index contributed by atoms with van der Waals surface area (Å²) in [6, 6.07) is 7.25. The van der Waals surface area contributed by atoms with E-state index in [1.807, 2.05) is 18.2 Å². The summed E-state index contributed by atoms with van der Waals surface area (Å²) in [7, 11) is 0. The Kier molecular flexibility index (Phi) is 3.94. The molecule has 1 heterocycles. The van der Waals surface area contributed by atoms with E-state index in [0.29, 0.717) is 23.0 Å². The maximum absolute atomic E-state index is 11.5. The number of aromatic nitrogens is 2. The second-order valence-corrected chi connectivity index (χ2v) is 4.04. The van der Waals surface area contributed by atoms with Gasteiger partial charge in [0, 0.05) is 19.2 Å². The molecule has 1 aromatic carbocycles. The van der Waals surface area contributed by atoms with Gasteiger partial charge in [0.2, 0.25) is 17.7 Å². The SMILES string of the molecule is Cc1nnc(-c2ccccc2NC(=O)CCCl)o1. The van der Waals surface area contributed by atoms with Crippen LogP contribution in [0.3, 0.4) is 0 Å². The molecule has 0 aliphatic rings. The van der Waals surface area contributed by atoms with Crippen LogP contribution in [0.25, 0.3) is 11.5 Å². The molecule has 0 unspecified atom stereocenters. The van der Waals surface area contributed by atoms with Crippen LogP contribution in [0.15, 0.2) is 28.7 Å². The second-order valence-electron chi connectivity index (χ2n) is 3.66. The molecule has 5 nitrogen and oxygen atoms in total. The van der Waals surface area contributed by atoms with E-state index in [1.54, 1.807) is 13.0 Å². The molecule has 0 saturated heterocycles. The molecule has 0 saturated carbocycles. The summed E-state index contributed by atoms with van der Waals surface area (Å²) in [6.45, 7) is 1.71. The van der Waals surface area contributed by atoms with Crippen molar-refractivity contribution in [2.45, 2.75) is 13.3 Å². The average molecular weight is 266 g/mol. The highest BCUT2D eigenvalue weighted by atomic mass is 35.5. The van der Waals surface area contributed by atoms with E-state index in [-0.39, 0.29) is 18.2 Å². The van der Waals surface area contributed by atoms with Gasteiger partial charge in [-0.1, -0.05) is 12.1 Å². The first-order valence-electron chi connectivity index (χ1n) is 5.46. The van der Waals surface area contributed by atoms with Gasteiger partial charge in [-0.05, 0) is 12.1 Å². The topological polar surface area (TPSA) is 68.0 Å². The molecule has 6 heteroatoms. The zero-order chi connectivity index (χ0) is 13.0. The third-order valence-electron chi connectivity index (χ3n) is 2.28. The zero-order valence-corrected chi connectivity index (χ0v) is 10.6. The molecule has 2 rings (SSSR count). The van der Waals surface area contributed by atoms with Gasteiger partial charge in [0.15, 0.2) is 0 Å². The zero-order valence-electron chi connectivity index (χ0n) is 9.81. The number of nitrogens with zero attached hydrogens (tertiary/aromatic N) is 2. The summed E-state index contributed by atoms with van der Waals surface area (Å²) in [5, 5.41) is 10.5. The van der Waals surface area contributed by atoms with Crippen LogP contribution in [-0.4, -0.2) is 22.0 Å². The van der Waals surface area contributed by atoms with E-state index in [1.165, 1.54) is 0 Å². The van der Waals surface area contributed by atoms with Crippen molar-refractivity contribution in [3.63, 3.8) is 0 Å². The molecular formula is C12H12ClN3O2. The molecule has 0 fully saturated rings. The Morgan fingerprint density at radius 1 is 1.39 bits per heavy atom. The number of benzene rings is 1. The van der Waals surface area contributed by atoms with E-state index in [2.05, 4.69) is 15.5 Å². The van der Waals surface area contributed by atoms with Crippen LogP contribution in [-0.2, 0) is 4.79 Å². The predicted octanol–water partition coefficient (Wildman–Crippen LogP) is 2.61. The van der Waals surface area contributed by atoms with Crippen molar-refractivity contribution >= 4 is 23.2 Å². The van der Waals surface area contributed by atoms with Crippen LogP contribution in [0.1, 0.15) is 12.3 Å². The monoisotopic (exact) mass is 265 g/mol. The standard InChI is InChI=1S/C12H12ClN3O2/c1-8-15-16-12(18-8)9-4-2-3-5-10(9)14-11(17)6-7-13/h2-5H,6-7H2,1H3,(H,14,17). The van der Waals surface area contributed by atoms with Crippen molar-refractivity contribution in [1.82, 2.24) is 10.2 Å². The Labute approximate surface area is 109 Å². The van der Waals surface area contributed by atoms with Crippen molar-refractivity contribution in [2.75, 3.05) is 11.2 Å². The highest BCUT2D eigenvalue weighted by Crippen LogP contribution is 2.26. The number of carbonyl (C=O) groups excluding carboxylic acids is 1. The quantitative estimate of drug-likeness (QED) is 0.863. The highest BCUT2D eigenvalue weighted by molar-refractivity contribution is 6.19. The Hall–Kier alpha value is -1.88. The molecule has 1 amide bonds. The lowest BCUT2D eigenvalue weighted by Gasteiger charge is -2.07. The lowest BCUT2D eigenvalue weighted by atomic mass is 10.1. The number of carbonyl (C=O) groups is 1. The summed E-state index contributed by atoms with van der Waals surface area (Å²) >= 11 is 5.52. The van der Waals surface area contributed by atoms with Crippen LogP contribution in [0.2, 0.25) is 0 Å². The minimum atomic E-state index is -0.145. The maximum atomic E-state index is 11.5. The van der Waals surface area contributed by atoms with E-state index in [9.17, 15) is 4.79 Å². The van der Waals surface area contributed by atoms with E-state index < -0.39 is 0 Å². The van der Waals surface area contributed by atoms with Crippen LogP contribution < -0.4 is 5.32 Å². The molecule has 0 spiro atoms. The van der Waals surface area contributed by atoms with Crippen molar-refractivity contribution in [1.29, 1.82) is 0 Å². The minimum absolute atomic E-state index is 0.145. The molecule has 0 aliphatic heterocycles. The van der Waals surface area contributed by atoms with E-state index in [4.69, 9.17) is 16.0 Å². The molecule has 0 atom stereocenters. The first-order chi connectivity index (χ1) is 8.70. The average Bonchev–Trinajstić information content (AvgIpc) is 2.77. The normalized spacial score (nSPS) is 10.3. The molecule has 0 bridgehead atoms. The molecular weight excluding hydrogens is 254 g/mol. The Morgan fingerprint density at radius 2 is 2.17 bits per heavy atom. The van der Waals surface area contributed by atoms with Crippen LogP contribution in [0.5, 0.6) is 0 Å². The molecule has 94 valence electrons. The Bertz CT molecular complexity index is 554. The number of nitrogens with one attached hydrogen (secondary N) is 1. The van der Waals surface area contributed by atoms with Gasteiger partial charge in [-0.15, -0.1) is 21.8 Å². The number of para-hydroxylation sites is 1. The summed E-state index contributed by atoms with van der Waals surface area (Å²) in [5.74, 6) is 1.00. The largest absolute Gasteiger partial charge is 0.421 e. The third kappa shape index (κ3) is 2.87. The number of rotatable bonds is 4. The minimum Gasteiger partial charge on any atom is -0.421 e.